The maximum atomic E-state index is 5.04. The Morgan fingerprint density at radius 3 is 2.58 bits per heavy atom. The Kier molecular flexibility index (Phi) is 5.04. The van der Waals surface area contributed by atoms with Crippen molar-refractivity contribution in [2.24, 2.45) is 5.92 Å². The summed E-state index contributed by atoms with van der Waals surface area (Å²) in [4.78, 5) is 9.91. The van der Waals surface area contributed by atoms with Gasteiger partial charge in [-0.1, -0.05) is 25.3 Å². The predicted octanol–water partition coefficient (Wildman–Crippen LogP) is 2.70. The molecule has 0 N–H and O–H groups in total. The van der Waals surface area contributed by atoms with Crippen molar-refractivity contribution in [3.05, 3.63) is 12.7 Å². The molecule has 0 atom stereocenters. The van der Waals surface area contributed by atoms with Gasteiger partial charge in [-0.15, -0.1) is 6.58 Å². The van der Waals surface area contributed by atoms with Gasteiger partial charge in [0.25, 0.3) is 0 Å². The fourth-order valence-corrected chi connectivity index (χ4v) is 1.59. The van der Waals surface area contributed by atoms with Crippen LogP contribution < -0.4 is 0 Å². The van der Waals surface area contributed by atoms with E-state index < -0.39 is 0 Å². The van der Waals surface area contributed by atoms with Crippen molar-refractivity contribution < 1.29 is 9.78 Å². The third kappa shape index (κ3) is 3.88. The second-order valence-corrected chi connectivity index (χ2v) is 3.36. The van der Waals surface area contributed by atoms with Crippen LogP contribution in [0.25, 0.3) is 0 Å². The standard InChI is InChI=1S/C10H18O2/c1-2-8-11-12-9-10-6-4-3-5-7-10/h2,10H,1,3-9H2. The lowest BCUT2D eigenvalue weighted by atomic mass is 9.90. The second-order valence-electron chi connectivity index (χ2n) is 3.36. The van der Waals surface area contributed by atoms with Crippen LogP contribution in [0.2, 0.25) is 0 Å². The average molecular weight is 170 g/mol. The van der Waals surface area contributed by atoms with Crippen molar-refractivity contribution in [2.75, 3.05) is 13.2 Å². The van der Waals surface area contributed by atoms with E-state index in [-0.39, 0.29) is 0 Å². The largest absolute Gasteiger partial charge is 0.236 e. The summed E-state index contributed by atoms with van der Waals surface area (Å²) in [6, 6.07) is 0. The molecule has 2 heteroatoms. The van der Waals surface area contributed by atoms with Crippen LogP contribution in [0.4, 0.5) is 0 Å². The summed E-state index contributed by atoms with van der Waals surface area (Å²) >= 11 is 0. The van der Waals surface area contributed by atoms with Gasteiger partial charge in [0.05, 0.1) is 6.61 Å². The topological polar surface area (TPSA) is 18.5 Å². The number of hydrogen-bond donors (Lipinski definition) is 0. The van der Waals surface area contributed by atoms with E-state index in [2.05, 4.69) is 6.58 Å². The minimum Gasteiger partial charge on any atom is -0.236 e. The summed E-state index contributed by atoms with van der Waals surface area (Å²) < 4.78 is 0. The first-order valence-corrected chi connectivity index (χ1v) is 4.79. The molecule has 0 unspecified atom stereocenters. The smallest absolute Gasteiger partial charge is 0.100 e. The first-order valence-electron chi connectivity index (χ1n) is 4.79. The zero-order valence-electron chi connectivity index (χ0n) is 7.63. The second kappa shape index (κ2) is 6.21. The summed E-state index contributed by atoms with van der Waals surface area (Å²) in [5.74, 6) is 0.726. The highest BCUT2D eigenvalue weighted by Crippen LogP contribution is 2.23. The Morgan fingerprint density at radius 1 is 1.17 bits per heavy atom. The van der Waals surface area contributed by atoms with Gasteiger partial charge in [-0.05, 0) is 18.8 Å². The molecule has 0 aliphatic heterocycles. The number of rotatable bonds is 5. The monoisotopic (exact) mass is 170 g/mol. The summed E-state index contributed by atoms with van der Waals surface area (Å²) in [7, 11) is 0. The Balaban J connectivity index is 1.94. The van der Waals surface area contributed by atoms with E-state index in [0.717, 1.165) is 12.5 Å². The molecular weight excluding hydrogens is 152 g/mol. The van der Waals surface area contributed by atoms with Crippen molar-refractivity contribution >= 4 is 0 Å². The zero-order valence-corrected chi connectivity index (χ0v) is 7.63. The van der Waals surface area contributed by atoms with Crippen LogP contribution in [-0.4, -0.2) is 13.2 Å². The quantitative estimate of drug-likeness (QED) is 0.273. The molecule has 0 aromatic heterocycles. The van der Waals surface area contributed by atoms with Gasteiger partial charge in [0.2, 0.25) is 0 Å². The lowest BCUT2D eigenvalue weighted by Gasteiger charge is -2.20. The van der Waals surface area contributed by atoms with Crippen LogP contribution in [-0.2, 0) is 9.78 Å². The van der Waals surface area contributed by atoms with E-state index in [9.17, 15) is 0 Å². The lowest BCUT2D eigenvalue weighted by molar-refractivity contribution is -0.294. The van der Waals surface area contributed by atoms with Crippen molar-refractivity contribution in [2.45, 2.75) is 32.1 Å². The van der Waals surface area contributed by atoms with Gasteiger partial charge in [-0.3, -0.25) is 0 Å². The molecule has 1 aliphatic rings. The van der Waals surface area contributed by atoms with Gasteiger partial charge in [-0.25, -0.2) is 9.78 Å². The zero-order chi connectivity index (χ0) is 8.65. The molecule has 12 heavy (non-hydrogen) atoms. The molecule has 1 aliphatic carbocycles. The highest BCUT2D eigenvalue weighted by atomic mass is 17.2. The molecule has 0 aromatic rings. The minimum atomic E-state index is 0.493. The van der Waals surface area contributed by atoms with E-state index in [1.807, 2.05) is 0 Å². The fourth-order valence-electron chi connectivity index (χ4n) is 1.59. The van der Waals surface area contributed by atoms with Crippen molar-refractivity contribution in [3.8, 4) is 0 Å². The predicted molar refractivity (Wildman–Crippen MR) is 48.7 cm³/mol. The van der Waals surface area contributed by atoms with E-state index in [1.165, 1.54) is 32.1 Å². The van der Waals surface area contributed by atoms with Crippen LogP contribution in [0.15, 0.2) is 12.7 Å². The maximum Gasteiger partial charge on any atom is 0.100 e. The third-order valence-electron chi connectivity index (χ3n) is 2.30. The summed E-state index contributed by atoms with van der Waals surface area (Å²) in [5.41, 5.74) is 0. The summed E-state index contributed by atoms with van der Waals surface area (Å²) in [6.07, 6.45) is 8.41. The van der Waals surface area contributed by atoms with Crippen molar-refractivity contribution in [1.29, 1.82) is 0 Å². The molecular formula is C10H18O2. The SMILES string of the molecule is C=CCOOCC1CCCCC1. The third-order valence-corrected chi connectivity index (χ3v) is 2.30. The first-order chi connectivity index (χ1) is 5.93. The molecule has 0 radical (unpaired) electrons. The highest BCUT2D eigenvalue weighted by Gasteiger charge is 2.13. The van der Waals surface area contributed by atoms with E-state index in [4.69, 9.17) is 9.78 Å². The van der Waals surface area contributed by atoms with Crippen molar-refractivity contribution in [3.63, 3.8) is 0 Å². The van der Waals surface area contributed by atoms with E-state index >= 15 is 0 Å². The van der Waals surface area contributed by atoms with Gasteiger partial charge in [0.1, 0.15) is 6.61 Å². The Bertz CT molecular complexity index is 117. The van der Waals surface area contributed by atoms with E-state index in [1.54, 1.807) is 6.08 Å². The fraction of sp³-hybridized carbons (Fsp3) is 0.800. The Hall–Kier alpha value is -0.340. The van der Waals surface area contributed by atoms with Gasteiger partial charge < -0.3 is 0 Å². The first kappa shape index (κ1) is 9.75. The molecule has 0 heterocycles. The van der Waals surface area contributed by atoms with Gasteiger partial charge >= 0.3 is 0 Å². The molecule has 0 spiro atoms. The van der Waals surface area contributed by atoms with Gasteiger partial charge in [0, 0.05) is 0 Å². The Morgan fingerprint density at radius 2 is 1.92 bits per heavy atom. The van der Waals surface area contributed by atoms with Crippen LogP contribution >= 0.6 is 0 Å². The minimum absolute atomic E-state index is 0.493. The molecule has 1 fully saturated rings. The Labute approximate surface area is 74.5 Å². The van der Waals surface area contributed by atoms with Gasteiger partial charge in [0.15, 0.2) is 0 Å². The van der Waals surface area contributed by atoms with Crippen LogP contribution in [0.1, 0.15) is 32.1 Å². The molecule has 1 rings (SSSR count). The molecule has 70 valence electrons. The molecule has 1 saturated carbocycles. The summed E-state index contributed by atoms with van der Waals surface area (Å²) in [5, 5.41) is 0. The van der Waals surface area contributed by atoms with E-state index in [0.29, 0.717) is 6.61 Å². The molecule has 2 nitrogen and oxygen atoms in total. The summed E-state index contributed by atoms with van der Waals surface area (Å²) in [6.45, 7) is 4.79. The molecule has 0 bridgehead atoms. The maximum absolute atomic E-state index is 5.04. The molecule has 0 amide bonds. The van der Waals surface area contributed by atoms with Crippen LogP contribution in [0.3, 0.4) is 0 Å². The van der Waals surface area contributed by atoms with Crippen LogP contribution in [0, 0.1) is 5.92 Å². The highest BCUT2D eigenvalue weighted by molar-refractivity contribution is 4.64. The van der Waals surface area contributed by atoms with Crippen molar-refractivity contribution in [1.82, 2.24) is 0 Å². The molecule has 0 saturated heterocycles. The molecule has 0 aromatic carbocycles. The van der Waals surface area contributed by atoms with Gasteiger partial charge in [-0.2, -0.15) is 0 Å². The average Bonchev–Trinajstić information content (AvgIpc) is 2.14. The lowest BCUT2D eigenvalue weighted by Crippen LogP contribution is -2.13. The number of hydrogen-bond acceptors (Lipinski definition) is 2. The normalized spacial score (nSPS) is 19.3. The van der Waals surface area contributed by atoms with Crippen LogP contribution in [0.5, 0.6) is 0 Å².